The van der Waals surface area contributed by atoms with Crippen molar-refractivity contribution in [2.75, 3.05) is 13.4 Å². The van der Waals surface area contributed by atoms with E-state index in [4.69, 9.17) is 10.5 Å². The number of hydrazone groups is 1. The quantitative estimate of drug-likeness (QED) is 0.384. The van der Waals surface area contributed by atoms with Gasteiger partial charge in [0.1, 0.15) is 5.75 Å². The van der Waals surface area contributed by atoms with Gasteiger partial charge in [-0.3, -0.25) is 4.79 Å². The fourth-order valence-electron chi connectivity index (χ4n) is 1.56. The van der Waals surface area contributed by atoms with Crippen LogP contribution in [0.4, 0.5) is 0 Å². The van der Waals surface area contributed by atoms with Crippen molar-refractivity contribution >= 4 is 34.8 Å². The first-order valence-corrected chi connectivity index (χ1v) is 8.10. The second-order valence-corrected chi connectivity index (χ2v) is 6.18. The maximum Gasteiger partial charge on any atom is 0.271 e. The Labute approximate surface area is 131 Å². The number of thiophene rings is 1. The second-order valence-electron chi connectivity index (χ2n) is 3.99. The Hall–Kier alpha value is -1.99. The average molecular weight is 321 g/mol. The molecule has 2 aromatic rings. The van der Waals surface area contributed by atoms with Gasteiger partial charge >= 0.3 is 0 Å². The van der Waals surface area contributed by atoms with Crippen LogP contribution in [0.3, 0.4) is 0 Å². The van der Waals surface area contributed by atoms with Crippen LogP contribution in [-0.4, -0.2) is 25.1 Å². The molecule has 0 aliphatic carbocycles. The molecule has 0 unspecified atom stereocenters. The third-order valence-corrected chi connectivity index (χ3v) is 4.84. The Bertz CT molecular complexity index is 668. The summed E-state index contributed by atoms with van der Waals surface area (Å²) in [6, 6.07) is 10.7. The summed E-state index contributed by atoms with van der Waals surface area (Å²) in [5.74, 6) is 0.567. The number of nitrogens with one attached hydrogen (secondary N) is 1. The molecule has 5 nitrogen and oxygen atoms in total. The normalized spacial score (nSPS) is 11.2. The van der Waals surface area contributed by atoms with E-state index in [1.165, 1.54) is 11.3 Å². The minimum absolute atomic E-state index is 0.288. The van der Waals surface area contributed by atoms with Crippen LogP contribution in [0.25, 0.3) is 0 Å². The molecule has 110 valence electrons. The molecule has 0 atom stereocenters. The highest BCUT2D eigenvalue weighted by molar-refractivity contribution is 8.00. The number of carbonyl (C=O) groups excluding carboxylic acids is 1. The molecule has 2 rings (SSSR count). The fraction of sp³-hybridized carbons (Fsp3) is 0.143. The number of hydrogen-bond donors (Lipinski definition) is 2. The fourth-order valence-corrected chi connectivity index (χ4v) is 3.01. The lowest BCUT2D eigenvalue weighted by molar-refractivity contribution is 0.0954. The number of hydrogen-bond acceptors (Lipinski definition) is 5. The molecule has 21 heavy (non-hydrogen) atoms. The zero-order valence-electron chi connectivity index (χ0n) is 11.6. The lowest BCUT2D eigenvalue weighted by Crippen LogP contribution is -2.23. The van der Waals surface area contributed by atoms with Crippen molar-refractivity contribution in [1.82, 2.24) is 5.43 Å². The van der Waals surface area contributed by atoms with Crippen LogP contribution >= 0.6 is 23.1 Å². The van der Waals surface area contributed by atoms with Gasteiger partial charge in [-0.15, -0.1) is 23.1 Å². The summed E-state index contributed by atoms with van der Waals surface area (Å²) in [5.41, 5.74) is 8.76. The number of rotatable bonds is 5. The number of amidine groups is 1. The number of carbonyl (C=O) groups is 1. The molecule has 0 saturated carbocycles. The molecule has 0 fully saturated rings. The van der Waals surface area contributed by atoms with Gasteiger partial charge in [-0.25, -0.2) is 5.43 Å². The molecular formula is C14H15N3O2S2. The summed E-state index contributed by atoms with van der Waals surface area (Å²) in [6.45, 7) is 0. The van der Waals surface area contributed by atoms with Gasteiger partial charge in [0.05, 0.1) is 16.2 Å². The summed E-state index contributed by atoms with van der Waals surface area (Å²) in [5, 5.41) is 3.93. The topological polar surface area (TPSA) is 76.7 Å². The number of thioether (sulfide) groups is 1. The third-order valence-electron chi connectivity index (χ3n) is 2.64. The Kier molecular flexibility index (Phi) is 5.24. The van der Waals surface area contributed by atoms with Gasteiger partial charge < -0.3 is 10.5 Å². The number of nitrogens with two attached hydrogens (primary N) is 1. The van der Waals surface area contributed by atoms with Crippen molar-refractivity contribution in [3.8, 4) is 5.75 Å². The van der Waals surface area contributed by atoms with Crippen LogP contribution < -0.4 is 15.9 Å². The lowest BCUT2D eigenvalue weighted by Gasteiger charge is -2.03. The van der Waals surface area contributed by atoms with Crippen molar-refractivity contribution < 1.29 is 9.53 Å². The summed E-state index contributed by atoms with van der Waals surface area (Å²) < 4.78 is 6.21. The summed E-state index contributed by atoms with van der Waals surface area (Å²) in [7, 11) is 1.55. The van der Waals surface area contributed by atoms with Crippen molar-refractivity contribution in [2.24, 2.45) is 10.8 Å². The van der Waals surface area contributed by atoms with E-state index in [-0.39, 0.29) is 11.7 Å². The molecule has 0 radical (unpaired) electrons. The number of methoxy groups -OCH3 is 1. The minimum Gasteiger partial charge on any atom is -0.497 e. The predicted octanol–water partition coefficient (Wildman–Crippen LogP) is 2.53. The molecule has 0 spiro atoms. The third kappa shape index (κ3) is 3.99. The first-order chi connectivity index (χ1) is 10.1. The lowest BCUT2D eigenvalue weighted by atomic mass is 10.2. The number of amides is 1. The second kappa shape index (κ2) is 7.14. The van der Waals surface area contributed by atoms with Gasteiger partial charge in [0.2, 0.25) is 0 Å². The van der Waals surface area contributed by atoms with E-state index in [1.807, 2.05) is 18.4 Å². The standard InChI is InChI=1S/C14H15N3O2S2/c1-19-10-5-3-4-9(8-10)14(18)17-16-13(15)11-6-7-12(20-2)21-11/h3-8H,1-2H3,(H2,15,16)(H,17,18). The molecule has 1 aromatic carbocycles. The molecular weight excluding hydrogens is 306 g/mol. The van der Waals surface area contributed by atoms with Crippen molar-refractivity contribution in [2.45, 2.75) is 4.21 Å². The van der Waals surface area contributed by atoms with Crippen LogP contribution in [0.1, 0.15) is 15.2 Å². The molecule has 7 heteroatoms. The average Bonchev–Trinajstić information content (AvgIpc) is 3.01. The molecule has 1 heterocycles. The van der Waals surface area contributed by atoms with Crippen LogP contribution in [0, 0.1) is 0 Å². The zero-order valence-corrected chi connectivity index (χ0v) is 13.3. The van der Waals surface area contributed by atoms with Crippen LogP contribution in [0.15, 0.2) is 45.7 Å². The van der Waals surface area contributed by atoms with Crippen molar-refractivity contribution in [3.63, 3.8) is 0 Å². The highest BCUT2D eigenvalue weighted by atomic mass is 32.2. The SMILES string of the molecule is COc1cccc(C(=O)NN=C(N)c2ccc(SC)s2)c1. The molecule has 0 bridgehead atoms. The van der Waals surface area contributed by atoms with Crippen molar-refractivity contribution in [3.05, 3.63) is 46.8 Å². The van der Waals surface area contributed by atoms with Gasteiger partial charge in [0.15, 0.2) is 5.84 Å². The zero-order chi connectivity index (χ0) is 15.2. The Morgan fingerprint density at radius 1 is 1.38 bits per heavy atom. The minimum atomic E-state index is -0.335. The van der Waals surface area contributed by atoms with Gasteiger partial charge in [-0.2, -0.15) is 5.10 Å². The smallest absolute Gasteiger partial charge is 0.271 e. The number of ether oxygens (including phenoxy) is 1. The van der Waals surface area contributed by atoms with E-state index >= 15 is 0 Å². The van der Waals surface area contributed by atoms with E-state index in [2.05, 4.69) is 10.5 Å². The predicted molar refractivity (Wildman–Crippen MR) is 87.3 cm³/mol. The van der Waals surface area contributed by atoms with Crippen LogP contribution in [-0.2, 0) is 0 Å². The molecule has 0 saturated heterocycles. The van der Waals surface area contributed by atoms with Gasteiger partial charge in [0, 0.05) is 5.56 Å². The molecule has 3 N–H and O–H groups in total. The van der Waals surface area contributed by atoms with Crippen LogP contribution in [0.5, 0.6) is 5.75 Å². The van der Waals surface area contributed by atoms with Crippen molar-refractivity contribution in [1.29, 1.82) is 0 Å². The number of nitrogens with zero attached hydrogens (tertiary/aromatic N) is 1. The monoisotopic (exact) mass is 321 g/mol. The van der Waals surface area contributed by atoms with Gasteiger partial charge in [-0.1, -0.05) is 6.07 Å². The highest BCUT2D eigenvalue weighted by Gasteiger charge is 2.07. The Morgan fingerprint density at radius 2 is 2.19 bits per heavy atom. The molecule has 0 aliphatic rings. The van der Waals surface area contributed by atoms with Gasteiger partial charge in [-0.05, 0) is 36.6 Å². The first kappa shape index (κ1) is 15.4. The molecule has 1 amide bonds. The number of benzene rings is 1. The van der Waals surface area contributed by atoms with Gasteiger partial charge in [0.25, 0.3) is 5.91 Å². The summed E-state index contributed by atoms with van der Waals surface area (Å²) in [6.07, 6.45) is 1.99. The summed E-state index contributed by atoms with van der Waals surface area (Å²) in [4.78, 5) is 12.8. The maximum absolute atomic E-state index is 12.0. The van der Waals surface area contributed by atoms with E-state index in [0.29, 0.717) is 11.3 Å². The Balaban J connectivity index is 2.06. The highest BCUT2D eigenvalue weighted by Crippen LogP contribution is 2.24. The molecule has 1 aromatic heterocycles. The maximum atomic E-state index is 12.0. The summed E-state index contributed by atoms with van der Waals surface area (Å²) >= 11 is 3.17. The Morgan fingerprint density at radius 3 is 2.86 bits per heavy atom. The van der Waals surface area contributed by atoms with E-state index in [0.717, 1.165) is 9.09 Å². The molecule has 0 aliphatic heterocycles. The largest absolute Gasteiger partial charge is 0.497 e. The van der Waals surface area contributed by atoms with Crippen LogP contribution in [0.2, 0.25) is 0 Å². The first-order valence-electron chi connectivity index (χ1n) is 6.06. The van der Waals surface area contributed by atoms with E-state index in [1.54, 1.807) is 43.1 Å². The van der Waals surface area contributed by atoms with E-state index < -0.39 is 0 Å². The van der Waals surface area contributed by atoms with E-state index in [9.17, 15) is 4.79 Å².